The summed E-state index contributed by atoms with van der Waals surface area (Å²) in [6.07, 6.45) is 0.0432. The van der Waals surface area contributed by atoms with Gasteiger partial charge in [-0.25, -0.2) is 4.39 Å². The largest absolute Gasteiger partial charge is 0.326 e. The monoisotopic (exact) mass is 229 g/mol. The fourth-order valence-corrected chi connectivity index (χ4v) is 1.54. The highest BCUT2D eigenvalue weighted by molar-refractivity contribution is 5.92. The molecule has 2 aromatic carbocycles. The fourth-order valence-electron chi connectivity index (χ4n) is 1.54. The molecule has 0 spiro atoms. The van der Waals surface area contributed by atoms with Gasteiger partial charge in [0.05, 0.1) is 6.42 Å². The smallest absolute Gasteiger partial charge is 0.228 e. The normalized spacial score (nSPS) is 9.94. The Labute approximate surface area is 99.1 Å². The molecule has 0 aliphatic carbocycles. The Bertz CT molecular complexity index is 511. The molecule has 0 unspecified atom stereocenters. The molecule has 0 heterocycles. The number of hydrogen-bond donors (Lipinski definition) is 1. The van der Waals surface area contributed by atoms with Crippen LogP contribution in [0.2, 0.25) is 0 Å². The van der Waals surface area contributed by atoms with Crippen LogP contribution in [0.4, 0.5) is 10.1 Å². The van der Waals surface area contributed by atoms with Crippen LogP contribution >= 0.6 is 0 Å². The molecule has 0 saturated carbocycles. The summed E-state index contributed by atoms with van der Waals surface area (Å²) in [5.74, 6) is -0.572. The van der Waals surface area contributed by atoms with Gasteiger partial charge in [-0.2, -0.15) is 0 Å². The molecule has 0 aliphatic rings. The number of carbonyl (C=O) groups is 1. The van der Waals surface area contributed by atoms with Crippen LogP contribution < -0.4 is 5.32 Å². The van der Waals surface area contributed by atoms with Crippen molar-refractivity contribution < 1.29 is 9.18 Å². The topological polar surface area (TPSA) is 29.1 Å². The SMILES string of the molecule is O=C(Cc1ccccc1F)Nc1ccccc1. The lowest BCUT2D eigenvalue weighted by Crippen LogP contribution is -2.15. The molecule has 0 aliphatic heterocycles. The van der Waals surface area contributed by atoms with E-state index in [1.165, 1.54) is 6.07 Å². The summed E-state index contributed by atoms with van der Waals surface area (Å²) >= 11 is 0. The Morgan fingerprint density at radius 1 is 1.00 bits per heavy atom. The van der Waals surface area contributed by atoms with Crippen molar-refractivity contribution in [1.29, 1.82) is 0 Å². The second-order valence-corrected chi connectivity index (χ2v) is 3.68. The van der Waals surface area contributed by atoms with E-state index in [2.05, 4.69) is 5.32 Å². The lowest BCUT2D eigenvalue weighted by molar-refractivity contribution is -0.115. The molecule has 0 atom stereocenters. The van der Waals surface area contributed by atoms with Crippen LogP contribution in [0.5, 0.6) is 0 Å². The van der Waals surface area contributed by atoms with Crippen LogP contribution in [0, 0.1) is 5.82 Å². The van der Waals surface area contributed by atoms with Crippen LogP contribution in [0.15, 0.2) is 54.6 Å². The first-order chi connectivity index (χ1) is 8.25. The van der Waals surface area contributed by atoms with Crippen molar-refractivity contribution in [3.8, 4) is 0 Å². The molecule has 2 aromatic rings. The van der Waals surface area contributed by atoms with E-state index in [1.807, 2.05) is 18.2 Å². The number of para-hydroxylation sites is 1. The zero-order chi connectivity index (χ0) is 12.1. The van der Waals surface area contributed by atoms with Gasteiger partial charge >= 0.3 is 0 Å². The van der Waals surface area contributed by atoms with E-state index < -0.39 is 0 Å². The summed E-state index contributed by atoms with van der Waals surface area (Å²) in [7, 11) is 0. The average molecular weight is 229 g/mol. The van der Waals surface area contributed by atoms with Crippen LogP contribution in [-0.2, 0) is 11.2 Å². The molecular weight excluding hydrogens is 217 g/mol. The van der Waals surface area contributed by atoms with Crippen molar-refractivity contribution >= 4 is 11.6 Å². The van der Waals surface area contributed by atoms with Crippen LogP contribution in [0.1, 0.15) is 5.56 Å². The van der Waals surface area contributed by atoms with Crippen molar-refractivity contribution in [3.63, 3.8) is 0 Å². The molecule has 17 heavy (non-hydrogen) atoms. The molecule has 1 N–H and O–H groups in total. The van der Waals surface area contributed by atoms with Crippen LogP contribution in [-0.4, -0.2) is 5.91 Å². The van der Waals surface area contributed by atoms with Gasteiger partial charge < -0.3 is 5.32 Å². The number of amides is 1. The number of hydrogen-bond acceptors (Lipinski definition) is 1. The number of carbonyl (C=O) groups excluding carboxylic acids is 1. The minimum atomic E-state index is -0.351. The minimum absolute atomic E-state index is 0.0432. The van der Waals surface area contributed by atoms with Gasteiger partial charge in [-0.1, -0.05) is 36.4 Å². The molecular formula is C14H12FNO. The molecule has 0 bridgehead atoms. The first kappa shape index (κ1) is 11.3. The van der Waals surface area contributed by atoms with Gasteiger partial charge in [0.1, 0.15) is 5.82 Å². The third-order valence-corrected chi connectivity index (χ3v) is 2.37. The summed E-state index contributed by atoms with van der Waals surface area (Å²) < 4.78 is 13.3. The van der Waals surface area contributed by atoms with Gasteiger partial charge in [0, 0.05) is 5.69 Å². The van der Waals surface area contributed by atoms with Gasteiger partial charge in [0.15, 0.2) is 0 Å². The summed E-state index contributed by atoms with van der Waals surface area (Å²) in [5.41, 5.74) is 1.12. The number of nitrogens with one attached hydrogen (secondary N) is 1. The molecule has 86 valence electrons. The van der Waals surface area contributed by atoms with Gasteiger partial charge in [0.25, 0.3) is 0 Å². The van der Waals surface area contributed by atoms with Gasteiger partial charge in [-0.3, -0.25) is 4.79 Å². The summed E-state index contributed by atoms with van der Waals surface area (Å²) in [6.45, 7) is 0. The Hall–Kier alpha value is -2.16. The van der Waals surface area contributed by atoms with Gasteiger partial charge in [0.2, 0.25) is 5.91 Å². The molecule has 1 amide bonds. The molecule has 2 nitrogen and oxygen atoms in total. The highest BCUT2D eigenvalue weighted by atomic mass is 19.1. The van der Waals surface area contributed by atoms with Crippen molar-refractivity contribution in [2.24, 2.45) is 0 Å². The first-order valence-electron chi connectivity index (χ1n) is 5.34. The Morgan fingerprint density at radius 3 is 2.35 bits per heavy atom. The lowest BCUT2D eigenvalue weighted by atomic mass is 10.1. The zero-order valence-corrected chi connectivity index (χ0v) is 9.19. The van der Waals surface area contributed by atoms with Crippen molar-refractivity contribution in [2.75, 3.05) is 5.32 Å². The number of anilines is 1. The van der Waals surface area contributed by atoms with Gasteiger partial charge in [-0.05, 0) is 23.8 Å². The van der Waals surface area contributed by atoms with E-state index in [-0.39, 0.29) is 18.1 Å². The second kappa shape index (κ2) is 5.25. The first-order valence-corrected chi connectivity index (χ1v) is 5.34. The van der Waals surface area contributed by atoms with Crippen LogP contribution in [0.25, 0.3) is 0 Å². The van der Waals surface area contributed by atoms with E-state index >= 15 is 0 Å². The third kappa shape index (κ3) is 3.14. The number of benzene rings is 2. The zero-order valence-electron chi connectivity index (χ0n) is 9.19. The highest BCUT2D eigenvalue weighted by Crippen LogP contribution is 2.09. The van der Waals surface area contributed by atoms with Crippen LogP contribution in [0.3, 0.4) is 0 Å². The maximum Gasteiger partial charge on any atom is 0.228 e. The summed E-state index contributed by atoms with van der Waals surface area (Å²) in [4.78, 5) is 11.7. The van der Waals surface area contributed by atoms with Crippen molar-refractivity contribution in [2.45, 2.75) is 6.42 Å². The quantitative estimate of drug-likeness (QED) is 0.861. The van der Waals surface area contributed by atoms with E-state index in [4.69, 9.17) is 0 Å². The van der Waals surface area contributed by atoms with Crippen molar-refractivity contribution in [1.82, 2.24) is 0 Å². The fraction of sp³-hybridized carbons (Fsp3) is 0.0714. The van der Waals surface area contributed by atoms with E-state index in [1.54, 1.807) is 30.3 Å². The predicted molar refractivity (Wildman–Crippen MR) is 65.2 cm³/mol. The van der Waals surface area contributed by atoms with E-state index in [0.29, 0.717) is 11.3 Å². The Morgan fingerprint density at radius 2 is 1.65 bits per heavy atom. The van der Waals surface area contributed by atoms with Gasteiger partial charge in [-0.15, -0.1) is 0 Å². The van der Waals surface area contributed by atoms with E-state index in [9.17, 15) is 9.18 Å². The summed E-state index contributed by atoms with van der Waals surface area (Å²) in [6, 6.07) is 15.4. The Balaban J connectivity index is 2.01. The molecule has 2 rings (SSSR count). The maximum atomic E-state index is 13.3. The molecule has 3 heteroatoms. The van der Waals surface area contributed by atoms with Crippen molar-refractivity contribution in [3.05, 3.63) is 66.0 Å². The maximum absolute atomic E-state index is 13.3. The Kier molecular flexibility index (Phi) is 3.50. The number of rotatable bonds is 3. The molecule has 0 saturated heterocycles. The minimum Gasteiger partial charge on any atom is -0.326 e. The highest BCUT2D eigenvalue weighted by Gasteiger charge is 2.07. The summed E-state index contributed by atoms with van der Waals surface area (Å²) in [5, 5.41) is 2.71. The van der Waals surface area contributed by atoms with E-state index in [0.717, 1.165) is 0 Å². The lowest BCUT2D eigenvalue weighted by Gasteiger charge is -2.05. The number of halogens is 1. The predicted octanol–water partition coefficient (Wildman–Crippen LogP) is 3.01. The molecule has 0 radical (unpaired) electrons. The average Bonchev–Trinajstić information content (AvgIpc) is 2.33. The standard InChI is InChI=1S/C14H12FNO/c15-13-9-5-4-6-11(13)10-14(17)16-12-7-2-1-3-8-12/h1-9H,10H2,(H,16,17). The third-order valence-electron chi connectivity index (χ3n) is 2.37. The molecule has 0 fully saturated rings. The molecule has 0 aromatic heterocycles. The second-order valence-electron chi connectivity index (χ2n) is 3.68.